The summed E-state index contributed by atoms with van der Waals surface area (Å²) in [5, 5.41) is 22.0. The van der Waals surface area contributed by atoms with E-state index in [-0.39, 0.29) is 5.69 Å². The molecule has 6 nitrogen and oxygen atoms in total. The highest BCUT2D eigenvalue weighted by Crippen LogP contribution is 2.29. The highest BCUT2D eigenvalue weighted by Gasteiger charge is 2.26. The molecule has 2 rings (SSSR count). The smallest absolute Gasteiger partial charge is 0.294 e. The van der Waals surface area contributed by atoms with Crippen molar-refractivity contribution in [2.45, 2.75) is 45.2 Å². The normalized spacial score (nSPS) is 23.1. The zero-order chi connectivity index (χ0) is 14.7. The van der Waals surface area contributed by atoms with Gasteiger partial charge in [-0.1, -0.05) is 6.42 Å². The number of nitro benzene ring substituents is 1. The van der Waals surface area contributed by atoms with Crippen LogP contribution in [0.25, 0.3) is 0 Å². The maximum absolute atomic E-state index is 11.1. The van der Waals surface area contributed by atoms with Crippen molar-refractivity contribution in [3.8, 4) is 6.07 Å². The van der Waals surface area contributed by atoms with Gasteiger partial charge in [-0.2, -0.15) is 5.26 Å². The molecule has 1 aliphatic rings. The number of hydrogen-bond donors (Lipinski definition) is 1. The lowest BCUT2D eigenvalue weighted by atomic mass is 10.00. The van der Waals surface area contributed by atoms with Crippen LogP contribution in [0.1, 0.15) is 38.7 Å². The van der Waals surface area contributed by atoms with E-state index in [1.165, 1.54) is 12.5 Å². The second-order valence-corrected chi connectivity index (χ2v) is 5.25. The first-order valence-corrected chi connectivity index (χ1v) is 6.76. The summed E-state index contributed by atoms with van der Waals surface area (Å²) in [4.78, 5) is 10.7. The van der Waals surface area contributed by atoms with Crippen LogP contribution in [0.4, 0.5) is 11.4 Å². The molecule has 1 aromatic rings. The van der Waals surface area contributed by atoms with Crippen LogP contribution in [0.15, 0.2) is 18.2 Å². The van der Waals surface area contributed by atoms with E-state index < -0.39 is 4.92 Å². The van der Waals surface area contributed by atoms with Gasteiger partial charge in [-0.15, -0.1) is 0 Å². The lowest BCUT2D eigenvalue weighted by Gasteiger charge is -2.39. The molecular weight excluding hydrogens is 256 g/mol. The summed E-state index contributed by atoms with van der Waals surface area (Å²) in [5.41, 5.74) is 3.84. The lowest BCUT2D eigenvalue weighted by Crippen LogP contribution is -2.47. The van der Waals surface area contributed by atoms with Gasteiger partial charge >= 0.3 is 0 Å². The predicted molar refractivity (Wildman–Crippen MR) is 76.0 cm³/mol. The molecule has 0 amide bonds. The van der Waals surface area contributed by atoms with Gasteiger partial charge in [-0.25, -0.2) is 5.01 Å². The SMILES string of the molecule is CC1CCCC(C)N1Nc1ccc(C#N)cc1[N+](=O)[O-]. The van der Waals surface area contributed by atoms with Gasteiger partial charge in [0.1, 0.15) is 5.69 Å². The second-order valence-electron chi connectivity index (χ2n) is 5.25. The Bertz CT molecular complexity index is 543. The lowest BCUT2D eigenvalue weighted by molar-refractivity contribution is -0.384. The van der Waals surface area contributed by atoms with Gasteiger partial charge in [-0.05, 0) is 38.8 Å². The minimum absolute atomic E-state index is 0.0611. The Labute approximate surface area is 118 Å². The predicted octanol–water partition coefficient (Wildman–Crippen LogP) is 3.06. The topological polar surface area (TPSA) is 82.2 Å². The van der Waals surface area contributed by atoms with Gasteiger partial charge < -0.3 is 5.43 Å². The molecule has 0 spiro atoms. The van der Waals surface area contributed by atoms with Crippen LogP contribution in [-0.4, -0.2) is 22.0 Å². The van der Waals surface area contributed by atoms with Crippen molar-refractivity contribution >= 4 is 11.4 Å². The standard InChI is InChI=1S/C14H18N4O2/c1-10-4-3-5-11(2)17(10)16-13-7-6-12(9-15)8-14(13)18(19)20/h6-8,10-11,16H,3-5H2,1-2H3. The van der Waals surface area contributed by atoms with Crippen molar-refractivity contribution in [3.05, 3.63) is 33.9 Å². The summed E-state index contributed by atoms with van der Waals surface area (Å²) in [5.74, 6) is 0. The van der Waals surface area contributed by atoms with Gasteiger partial charge in [0.15, 0.2) is 0 Å². The summed E-state index contributed by atoms with van der Waals surface area (Å²) in [7, 11) is 0. The number of rotatable bonds is 3. The number of hydrogen-bond acceptors (Lipinski definition) is 5. The van der Waals surface area contributed by atoms with Crippen LogP contribution in [0.2, 0.25) is 0 Å². The number of anilines is 1. The van der Waals surface area contributed by atoms with Crippen LogP contribution in [0.3, 0.4) is 0 Å². The van der Waals surface area contributed by atoms with E-state index in [0.29, 0.717) is 23.3 Å². The molecule has 2 unspecified atom stereocenters. The Morgan fingerprint density at radius 2 is 2.05 bits per heavy atom. The van der Waals surface area contributed by atoms with Crippen LogP contribution >= 0.6 is 0 Å². The molecule has 0 aliphatic carbocycles. The van der Waals surface area contributed by atoms with Crippen molar-refractivity contribution in [3.63, 3.8) is 0 Å². The highest BCUT2D eigenvalue weighted by atomic mass is 16.6. The van der Waals surface area contributed by atoms with E-state index in [1.807, 2.05) is 6.07 Å². The Morgan fingerprint density at radius 1 is 1.40 bits per heavy atom. The fourth-order valence-corrected chi connectivity index (χ4v) is 2.63. The van der Waals surface area contributed by atoms with Crippen LogP contribution < -0.4 is 5.43 Å². The second kappa shape index (κ2) is 5.88. The van der Waals surface area contributed by atoms with Crippen LogP contribution in [0.5, 0.6) is 0 Å². The maximum atomic E-state index is 11.1. The molecule has 2 atom stereocenters. The average molecular weight is 274 g/mol. The van der Waals surface area contributed by atoms with Crippen molar-refractivity contribution in [2.75, 3.05) is 5.43 Å². The van der Waals surface area contributed by atoms with E-state index in [9.17, 15) is 10.1 Å². The number of nitrogens with one attached hydrogen (secondary N) is 1. The molecule has 1 aliphatic heterocycles. The summed E-state index contributed by atoms with van der Waals surface area (Å²) >= 11 is 0. The molecule has 1 heterocycles. The fourth-order valence-electron chi connectivity index (χ4n) is 2.63. The number of hydrazine groups is 1. The molecule has 6 heteroatoms. The third-order valence-electron chi connectivity index (χ3n) is 3.77. The number of benzene rings is 1. The molecule has 20 heavy (non-hydrogen) atoms. The number of nitro groups is 1. The molecule has 1 fully saturated rings. The van der Waals surface area contributed by atoms with Gasteiger partial charge in [0.25, 0.3) is 5.69 Å². The monoisotopic (exact) mass is 274 g/mol. The Morgan fingerprint density at radius 3 is 2.60 bits per heavy atom. The molecule has 0 aromatic heterocycles. The third kappa shape index (κ3) is 2.89. The van der Waals surface area contributed by atoms with E-state index in [1.54, 1.807) is 12.1 Å². The largest absolute Gasteiger partial charge is 0.312 e. The fraction of sp³-hybridized carbons (Fsp3) is 0.500. The Kier molecular flexibility index (Phi) is 4.20. The highest BCUT2D eigenvalue weighted by molar-refractivity contribution is 5.63. The van der Waals surface area contributed by atoms with Crippen molar-refractivity contribution in [2.24, 2.45) is 0 Å². The molecule has 0 bridgehead atoms. The zero-order valence-corrected chi connectivity index (χ0v) is 11.7. The van der Waals surface area contributed by atoms with Crippen molar-refractivity contribution in [1.82, 2.24) is 5.01 Å². The summed E-state index contributed by atoms with van der Waals surface area (Å²) in [6.45, 7) is 4.22. The van der Waals surface area contributed by atoms with Crippen LogP contribution in [0, 0.1) is 21.4 Å². The first kappa shape index (κ1) is 14.3. The van der Waals surface area contributed by atoms with Gasteiger partial charge in [0.2, 0.25) is 0 Å². The van der Waals surface area contributed by atoms with E-state index >= 15 is 0 Å². The van der Waals surface area contributed by atoms with Gasteiger partial charge in [0.05, 0.1) is 16.6 Å². The Hall–Kier alpha value is -2.13. The number of piperidine rings is 1. The minimum atomic E-state index is -0.456. The molecule has 0 saturated carbocycles. The molecule has 1 saturated heterocycles. The quantitative estimate of drug-likeness (QED) is 0.676. The van der Waals surface area contributed by atoms with E-state index in [4.69, 9.17) is 5.26 Å². The first-order valence-electron chi connectivity index (χ1n) is 6.76. The summed E-state index contributed by atoms with van der Waals surface area (Å²) in [6, 6.07) is 7.08. The number of nitriles is 1. The third-order valence-corrected chi connectivity index (χ3v) is 3.77. The van der Waals surface area contributed by atoms with E-state index in [2.05, 4.69) is 24.3 Å². The van der Waals surface area contributed by atoms with Crippen LogP contribution in [-0.2, 0) is 0 Å². The summed E-state index contributed by atoms with van der Waals surface area (Å²) in [6.07, 6.45) is 3.32. The van der Waals surface area contributed by atoms with Crippen molar-refractivity contribution < 1.29 is 4.92 Å². The van der Waals surface area contributed by atoms with Gasteiger partial charge in [-0.3, -0.25) is 10.1 Å². The first-order chi connectivity index (χ1) is 9.52. The van der Waals surface area contributed by atoms with Gasteiger partial charge in [0, 0.05) is 18.2 Å². The summed E-state index contributed by atoms with van der Waals surface area (Å²) < 4.78 is 0. The molecule has 1 aromatic carbocycles. The minimum Gasteiger partial charge on any atom is -0.312 e. The maximum Gasteiger partial charge on any atom is 0.294 e. The molecule has 1 N–H and O–H groups in total. The Balaban J connectivity index is 2.28. The van der Waals surface area contributed by atoms with E-state index in [0.717, 1.165) is 12.8 Å². The molecular formula is C14H18N4O2. The molecule has 0 radical (unpaired) electrons. The average Bonchev–Trinajstić information content (AvgIpc) is 2.43. The van der Waals surface area contributed by atoms with Crippen molar-refractivity contribution in [1.29, 1.82) is 5.26 Å². The zero-order valence-electron chi connectivity index (χ0n) is 11.7. The molecule has 106 valence electrons. The number of nitrogens with zero attached hydrogens (tertiary/aromatic N) is 3.